The molecule has 98 valence electrons. The van der Waals surface area contributed by atoms with Gasteiger partial charge in [-0.1, -0.05) is 0 Å². The van der Waals surface area contributed by atoms with Crippen LogP contribution in [0.1, 0.15) is 44.9 Å². The van der Waals surface area contributed by atoms with Gasteiger partial charge in [-0.05, 0) is 44.9 Å². The Bertz CT molecular complexity index is 241. The number of nitrogens with one attached hydrogen (secondary N) is 1. The third-order valence-electron chi connectivity index (χ3n) is 4.55. The smallest absolute Gasteiger partial charge is 0.0576 e. The standard InChI is InChI=1S/C14H25NO2/c1-2-13(17-8-1)5-6-14(7-9-16-11-14)10-15-12-3-4-12/h12-13,15H,1-11H2. The molecule has 3 fully saturated rings. The van der Waals surface area contributed by atoms with Crippen LogP contribution in [0.15, 0.2) is 0 Å². The zero-order chi connectivity index (χ0) is 11.6. The summed E-state index contributed by atoms with van der Waals surface area (Å²) in [6.45, 7) is 4.05. The Kier molecular flexibility index (Phi) is 3.69. The first-order valence-electron chi connectivity index (χ1n) is 7.29. The summed E-state index contributed by atoms with van der Waals surface area (Å²) in [6, 6.07) is 0.815. The Hall–Kier alpha value is -0.120. The molecule has 2 atom stereocenters. The molecule has 0 aromatic carbocycles. The predicted octanol–water partition coefficient (Wildman–Crippen LogP) is 2.10. The zero-order valence-corrected chi connectivity index (χ0v) is 10.7. The van der Waals surface area contributed by atoms with Crippen LogP contribution in [0.5, 0.6) is 0 Å². The molecule has 3 nitrogen and oxygen atoms in total. The topological polar surface area (TPSA) is 30.5 Å². The van der Waals surface area contributed by atoms with E-state index in [2.05, 4.69) is 5.32 Å². The maximum atomic E-state index is 5.73. The lowest BCUT2D eigenvalue weighted by atomic mass is 9.81. The summed E-state index contributed by atoms with van der Waals surface area (Å²) in [6.07, 6.45) is 9.56. The fraction of sp³-hybridized carbons (Fsp3) is 1.00. The maximum Gasteiger partial charge on any atom is 0.0576 e. The largest absolute Gasteiger partial charge is 0.381 e. The van der Waals surface area contributed by atoms with Crippen molar-refractivity contribution in [3.05, 3.63) is 0 Å². The molecule has 0 spiro atoms. The molecule has 3 rings (SSSR count). The summed E-state index contributed by atoms with van der Waals surface area (Å²) < 4.78 is 11.4. The van der Waals surface area contributed by atoms with Crippen LogP contribution < -0.4 is 5.32 Å². The molecule has 0 radical (unpaired) electrons. The van der Waals surface area contributed by atoms with Crippen molar-refractivity contribution in [2.45, 2.75) is 57.1 Å². The van der Waals surface area contributed by atoms with E-state index < -0.39 is 0 Å². The minimum Gasteiger partial charge on any atom is -0.381 e. The van der Waals surface area contributed by atoms with Gasteiger partial charge in [0.05, 0.1) is 12.7 Å². The number of hydrogen-bond acceptors (Lipinski definition) is 3. The van der Waals surface area contributed by atoms with Gasteiger partial charge in [-0.3, -0.25) is 0 Å². The third-order valence-corrected chi connectivity index (χ3v) is 4.55. The second-order valence-electron chi connectivity index (χ2n) is 6.13. The van der Waals surface area contributed by atoms with Crippen molar-refractivity contribution in [2.75, 3.05) is 26.4 Å². The van der Waals surface area contributed by atoms with E-state index in [1.165, 1.54) is 44.9 Å². The highest BCUT2D eigenvalue weighted by atomic mass is 16.5. The summed E-state index contributed by atoms with van der Waals surface area (Å²) >= 11 is 0. The van der Waals surface area contributed by atoms with Crippen LogP contribution in [0, 0.1) is 5.41 Å². The van der Waals surface area contributed by atoms with Crippen LogP contribution in [-0.4, -0.2) is 38.5 Å². The van der Waals surface area contributed by atoms with Gasteiger partial charge in [0.1, 0.15) is 0 Å². The minimum atomic E-state index is 0.411. The molecule has 0 bridgehead atoms. The van der Waals surface area contributed by atoms with Gasteiger partial charge in [-0.25, -0.2) is 0 Å². The predicted molar refractivity (Wildman–Crippen MR) is 67.1 cm³/mol. The Balaban J connectivity index is 1.47. The average Bonchev–Trinajstić information content (AvgIpc) is 2.86. The van der Waals surface area contributed by atoms with Crippen molar-refractivity contribution >= 4 is 0 Å². The van der Waals surface area contributed by atoms with E-state index in [0.717, 1.165) is 32.4 Å². The monoisotopic (exact) mass is 239 g/mol. The van der Waals surface area contributed by atoms with Gasteiger partial charge in [0.15, 0.2) is 0 Å². The van der Waals surface area contributed by atoms with E-state index in [-0.39, 0.29) is 0 Å². The summed E-state index contributed by atoms with van der Waals surface area (Å²) in [5.41, 5.74) is 0.411. The SMILES string of the molecule is C1COC(CCC2(CNC3CC3)CCOC2)C1. The highest BCUT2D eigenvalue weighted by Gasteiger charge is 2.37. The van der Waals surface area contributed by atoms with Crippen LogP contribution in [0.3, 0.4) is 0 Å². The fourth-order valence-corrected chi connectivity index (χ4v) is 3.06. The Labute approximate surface area is 104 Å². The van der Waals surface area contributed by atoms with Gasteiger partial charge >= 0.3 is 0 Å². The Morgan fingerprint density at radius 1 is 1.18 bits per heavy atom. The van der Waals surface area contributed by atoms with Crippen LogP contribution >= 0.6 is 0 Å². The summed E-state index contributed by atoms with van der Waals surface area (Å²) in [4.78, 5) is 0. The van der Waals surface area contributed by atoms with E-state index in [9.17, 15) is 0 Å². The van der Waals surface area contributed by atoms with Crippen molar-refractivity contribution in [2.24, 2.45) is 5.41 Å². The van der Waals surface area contributed by atoms with Gasteiger partial charge in [-0.15, -0.1) is 0 Å². The second kappa shape index (κ2) is 5.25. The molecule has 1 N–H and O–H groups in total. The number of ether oxygens (including phenoxy) is 2. The minimum absolute atomic E-state index is 0.411. The molecule has 2 heterocycles. The van der Waals surface area contributed by atoms with E-state index in [1.807, 2.05) is 0 Å². The first-order valence-corrected chi connectivity index (χ1v) is 7.29. The normalized spacial score (nSPS) is 37.8. The molecule has 2 unspecified atom stereocenters. The first-order chi connectivity index (χ1) is 8.36. The van der Waals surface area contributed by atoms with E-state index >= 15 is 0 Å². The van der Waals surface area contributed by atoms with Gasteiger partial charge in [0.25, 0.3) is 0 Å². The number of rotatable bonds is 6. The van der Waals surface area contributed by atoms with Crippen LogP contribution in [0.25, 0.3) is 0 Å². The van der Waals surface area contributed by atoms with Gasteiger partial charge < -0.3 is 14.8 Å². The van der Waals surface area contributed by atoms with Crippen LogP contribution in [-0.2, 0) is 9.47 Å². The molecule has 2 saturated heterocycles. The fourth-order valence-electron chi connectivity index (χ4n) is 3.06. The quantitative estimate of drug-likeness (QED) is 0.770. The summed E-state index contributed by atoms with van der Waals surface area (Å²) in [5.74, 6) is 0. The molecular weight excluding hydrogens is 214 g/mol. The summed E-state index contributed by atoms with van der Waals surface area (Å²) in [5, 5.41) is 3.69. The third kappa shape index (κ3) is 3.21. The highest BCUT2D eigenvalue weighted by molar-refractivity contribution is 4.90. The molecule has 0 aromatic rings. The molecule has 0 aromatic heterocycles. The molecule has 1 saturated carbocycles. The molecule has 3 heteroatoms. The first kappa shape index (κ1) is 11.9. The van der Waals surface area contributed by atoms with Crippen molar-refractivity contribution in [1.29, 1.82) is 0 Å². The van der Waals surface area contributed by atoms with Gasteiger partial charge in [-0.2, -0.15) is 0 Å². The van der Waals surface area contributed by atoms with Gasteiger partial charge in [0, 0.05) is 31.2 Å². The van der Waals surface area contributed by atoms with E-state index in [0.29, 0.717) is 11.5 Å². The zero-order valence-electron chi connectivity index (χ0n) is 10.7. The molecule has 0 amide bonds. The van der Waals surface area contributed by atoms with E-state index in [4.69, 9.17) is 9.47 Å². The lowest BCUT2D eigenvalue weighted by molar-refractivity contribution is 0.0805. The maximum absolute atomic E-state index is 5.73. The van der Waals surface area contributed by atoms with E-state index in [1.54, 1.807) is 0 Å². The van der Waals surface area contributed by atoms with Crippen molar-refractivity contribution in [3.8, 4) is 0 Å². The lowest BCUT2D eigenvalue weighted by Gasteiger charge is -2.29. The van der Waals surface area contributed by atoms with Crippen LogP contribution in [0.4, 0.5) is 0 Å². The summed E-state index contributed by atoms with van der Waals surface area (Å²) in [7, 11) is 0. The van der Waals surface area contributed by atoms with Crippen molar-refractivity contribution in [1.82, 2.24) is 5.32 Å². The van der Waals surface area contributed by atoms with Gasteiger partial charge in [0.2, 0.25) is 0 Å². The Morgan fingerprint density at radius 2 is 2.12 bits per heavy atom. The van der Waals surface area contributed by atoms with Crippen LogP contribution in [0.2, 0.25) is 0 Å². The Morgan fingerprint density at radius 3 is 2.76 bits per heavy atom. The molecule has 3 aliphatic rings. The molecule has 2 aliphatic heterocycles. The molecular formula is C14H25NO2. The molecule has 17 heavy (non-hydrogen) atoms. The highest BCUT2D eigenvalue weighted by Crippen LogP contribution is 2.36. The average molecular weight is 239 g/mol. The van der Waals surface area contributed by atoms with Crippen molar-refractivity contribution < 1.29 is 9.47 Å². The van der Waals surface area contributed by atoms with Crippen molar-refractivity contribution in [3.63, 3.8) is 0 Å². The second-order valence-corrected chi connectivity index (χ2v) is 6.13. The molecule has 1 aliphatic carbocycles. The number of hydrogen-bond donors (Lipinski definition) is 1. The lowest BCUT2D eigenvalue weighted by Crippen LogP contribution is -2.36.